The molecule has 19 heavy (non-hydrogen) atoms. The smallest absolute Gasteiger partial charge is 0.189 e. The van der Waals surface area contributed by atoms with E-state index in [0.29, 0.717) is 12.8 Å². The molecule has 1 aliphatic rings. The van der Waals surface area contributed by atoms with Crippen molar-refractivity contribution in [3.8, 4) is 0 Å². The predicted molar refractivity (Wildman–Crippen MR) is 73.3 cm³/mol. The molecule has 0 N–H and O–H groups in total. The van der Waals surface area contributed by atoms with Gasteiger partial charge < -0.3 is 0 Å². The quantitative estimate of drug-likeness (QED) is 0.479. The van der Waals surface area contributed by atoms with Crippen molar-refractivity contribution in [3.63, 3.8) is 0 Å². The van der Waals surface area contributed by atoms with Crippen LogP contribution >= 0.6 is 0 Å². The number of benzene rings is 1. The van der Waals surface area contributed by atoms with Crippen molar-refractivity contribution in [2.45, 2.75) is 48.8 Å². The first kappa shape index (κ1) is 13.9. The molecule has 0 bridgehead atoms. The Labute approximate surface area is 113 Å². The number of hydrogen-bond donors (Lipinski definition) is 0. The van der Waals surface area contributed by atoms with Gasteiger partial charge in [-0.1, -0.05) is 42.1 Å². The molecular formula is C13H17N3O2S. The minimum Gasteiger partial charge on any atom is -0.223 e. The molecule has 0 saturated heterocycles. The Kier molecular flexibility index (Phi) is 3.83. The fourth-order valence-electron chi connectivity index (χ4n) is 2.54. The van der Waals surface area contributed by atoms with Gasteiger partial charge in [0.1, 0.15) is 0 Å². The first-order valence-electron chi connectivity index (χ1n) is 6.39. The van der Waals surface area contributed by atoms with Crippen LogP contribution in [0.25, 0.3) is 10.4 Å². The zero-order chi connectivity index (χ0) is 13.9. The maximum absolute atomic E-state index is 12.7. The highest BCUT2D eigenvalue weighted by Gasteiger charge is 2.44. The Morgan fingerprint density at radius 1 is 1.16 bits per heavy atom. The fraction of sp³-hybridized carbons (Fsp3) is 0.538. The van der Waals surface area contributed by atoms with E-state index in [1.165, 1.54) is 0 Å². The summed E-state index contributed by atoms with van der Waals surface area (Å²) in [6.07, 6.45) is 3.38. The molecule has 0 aromatic heterocycles. The normalized spacial score (nSPS) is 18.6. The fourth-order valence-corrected chi connectivity index (χ4v) is 4.45. The molecule has 1 saturated carbocycles. The summed E-state index contributed by atoms with van der Waals surface area (Å²) in [5, 5.41) is 3.68. The van der Waals surface area contributed by atoms with Gasteiger partial charge in [0.05, 0.1) is 4.90 Å². The third kappa shape index (κ3) is 2.46. The van der Waals surface area contributed by atoms with Crippen LogP contribution in [0.15, 0.2) is 34.3 Å². The Bertz CT molecular complexity index is 595. The Morgan fingerprint density at radius 3 is 2.26 bits per heavy atom. The van der Waals surface area contributed by atoms with Crippen LogP contribution in [0.5, 0.6) is 0 Å². The highest BCUT2D eigenvalue weighted by molar-refractivity contribution is 7.92. The van der Waals surface area contributed by atoms with Crippen molar-refractivity contribution in [1.29, 1.82) is 0 Å². The topological polar surface area (TPSA) is 82.9 Å². The SMILES string of the molecule is Cc1ccc(S(=O)(=O)C2(N=[N+]=[N-])CCCCC2)cc1. The predicted octanol–water partition coefficient (Wildman–Crippen LogP) is 3.74. The molecule has 0 amide bonds. The first-order valence-corrected chi connectivity index (χ1v) is 7.88. The molecule has 102 valence electrons. The lowest BCUT2D eigenvalue weighted by molar-refractivity contribution is 0.380. The molecule has 0 spiro atoms. The van der Waals surface area contributed by atoms with Gasteiger partial charge in [0.2, 0.25) is 0 Å². The Morgan fingerprint density at radius 2 is 1.74 bits per heavy atom. The van der Waals surface area contributed by atoms with Crippen LogP contribution in [-0.4, -0.2) is 13.3 Å². The molecule has 0 heterocycles. The van der Waals surface area contributed by atoms with Crippen molar-refractivity contribution in [1.82, 2.24) is 0 Å². The lowest BCUT2D eigenvalue weighted by atomic mass is 9.95. The molecule has 1 aromatic rings. The summed E-state index contributed by atoms with van der Waals surface area (Å²) in [5.74, 6) is 0. The molecule has 1 aliphatic carbocycles. The van der Waals surface area contributed by atoms with Crippen LogP contribution in [0, 0.1) is 6.92 Å². The molecule has 0 atom stereocenters. The van der Waals surface area contributed by atoms with Crippen molar-refractivity contribution in [2.24, 2.45) is 5.11 Å². The number of hydrogen-bond acceptors (Lipinski definition) is 3. The Hall–Kier alpha value is -1.52. The standard InChI is InChI=1S/C13H17N3O2S/c1-11-5-7-12(8-6-11)19(17,18)13(15-16-14)9-3-2-4-10-13/h5-8H,2-4,9-10H2,1H3. The molecule has 6 heteroatoms. The minimum atomic E-state index is -3.62. The molecule has 5 nitrogen and oxygen atoms in total. The van der Waals surface area contributed by atoms with E-state index in [2.05, 4.69) is 10.0 Å². The second kappa shape index (κ2) is 5.23. The molecule has 0 aliphatic heterocycles. The molecule has 0 unspecified atom stereocenters. The van der Waals surface area contributed by atoms with Crippen LogP contribution in [0.1, 0.15) is 37.7 Å². The number of sulfone groups is 1. The van der Waals surface area contributed by atoms with E-state index < -0.39 is 14.7 Å². The van der Waals surface area contributed by atoms with Gasteiger partial charge in [-0.2, -0.15) is 0 Å². The van der Waals surface area contributed by atoms with Crippen LogP contribution in [0.3, 0.4) is 0 Å². The summed E-state index contributed by atoms with van der Waals surface area (Å²) in [5.41, 5.74) is 9.73. The van der Waals surface area contributed by atoms with Crippen molar-refractivity contribution >= 4 is 9.84 Å². The van der Waals surface area contributed by atoms with E-state index in [0.717, 1.165) is 24.8 Å². The van der Waals surface area contributed by atoms with E-state index in [4.69, 9.17) is 5.53 Å². The maximum Gasteiger partial charge on any atom is 0.189 e. The summed E-state index contributed by atoms with van der Waals surface area (Å²) in [7, 11) is -3.62. The summed E-state index contributed by atoms with van der Waals surface area (Å²) in [6, 6.07) is 6.71. The van der Waals surface area contributed by atoms with Gasteiger partial charge in [-0.3, -0.25) is 0 Å². The average Bonchev–Trinajstić information content (AvgIpc) is 2.40. The van der Waals surface area contributed by atoms with Crippen LogP contribution < -0.4 is 0 Å². The molecule has 1 fully saturated rings. The first-order chi connectivity index (χ1) is 9.02. The molecule has 2 rings (SSSR count). The van der Waals surface area contributed by atoms with Gasteiger partial charge >= 0.3 is 0 Å². The number of azide groups is 1. The largest absolute Gasteiger partial charge is 0.223 e. The monoisotopic (exact) mass is 279 g/mol. The van der Waals surface area contributed by atoms with Gasteiger partial charge in [0, 0.05) is 4.91 Å². The van der Waals surface area contributed by atoms with Gasteiger partial charge in [-0.05, 0) is 37.4 Å². The van der Waals surface area contributed by atoms with Crippen LogP contribution in [0.4, 0.5) is 0 Å². The second-order valence-corrected chi connectivity index (χ2v) is 7.25. The third-order valence-electron chi connectivity index (χ3n) is 3.69. The average molecular weight is 279 g/mol. The van der Waals surface area contributed by atoms with Crippen LogP contribution in [-0.2, 0) is 9.84 Å². The van der Waals surface area contributed by atoms with E-state index in [1.807, 2.05) is 6.92 Å². The van der Waals surface area contributed by atoms with E-state index in [9.17, 15) is 8.42 Å². The summed E-state index contributed by atoms with van der Waals surface area (Å²) in [6.45, 7) is 1.90. The summed E-state index contributed by atoms with van der Waals surface area (Å²) < 4.78 is 25.5. The number of nitrogens with zero attached hydrogens (tertiary/aromatic N) is 3. The highest BCUT2D eigenvalue weighted by Crippen LogP contribution is 2.40. The maximum atomic E-state index is 12.7. The van der Waals surface area contributed by atoms with Crippen molar-refractivity contribution in [2.75, 3.05) is 0 Å². The molecule has 1 aromatic carbocycles. The van der Waals surface area contributed by atoms with Crippen molar-refractivity contribution < 1.29 is 8.42 Å². The van der Waals surface area contributed by atoms with Crippen LogP contribution in [0.2, 0.25) is 0 Å². The summed E-state index contributed by atoms with van der Waals surface area (Å²) >= 11 is 0. The third-order valence-corrected chi connectivity index (χ3v) is 6.08. The minimum absolute atomic E-state index is 0.243. The van der Waals surface area contributed by atoms with Gasteiger partial charge in [0.15, 0.2) is 14.7 Å². The van der Waals surface area contributed by atoms with E-state index in [-0.39, 0.29) is 4.90 Å². The van der Waals surface area contributed by atoms with Crippen molar-refractivity contribution in [3.05, 3.63) is 40.3 Å². The van der Waals surface area contributed by atoms with Gasteiger partial charge in [-0.15, -0.1) is 0 Å². The lowest BCUT2D eigenvalue weighted by Crippen LogP contribution is -2.38. The molecule has 0 radical (unpaired) electrons. The van der Waals surface area contributed by atoms with Gasteiger partial charge in [0.25, 0.3) is 0 Å². The van der Waals surface area contributed by atoms with Gasteiger partial charge in [-0.25, -0.2) is 8.42 Å². The van der Waals surface area contributed by atoms with E-state index >= 15 is 0 Å². The molecular weight excluding hydrogens is 262 g/mol. The summed E-state index contributed by atoms with van der Waals surface area (Å²) in [4.78, 5) is 1.73. The van der Waals surface area contributed by atoms with E-state index in [1.54, 1.807) is 24.3 Å². The zero-order valence-corrected chi connectivity index (χ0v) is 11.7. The Balaban J connectivity index is 2.51. The number of aryl methyl sites for hydroxylation is 1. The second-order valence-electron chi connectivity index (χ2n) is 5.01. The zero-order valence-electron chi connectivity index (χ0n) is 10.9. The number of rotatable bonds is 3. The highest BCUT2D eigenvalue weighted by atomic mass is 32.2. The lowest BCUT2D eigenvalue weighted by Gasteiger charge is -2.32.